The summed E-state index contributed by atoms with van der Waals surface area (Å²) < 4.78 is 0. The molecular weight excluding hydrogens is 253 g/mol. The molecule has 0 saturated carbocycles. The molecule has 0 aromatic heterocycles. The van der Waals surface area contributed by atoms with Crippen molar-refractivity contribution in [3.05, 3.63) is 29.3 Å². The zero-order chi connectivity index (χ0) is 9.84. The van der Waals surface area contributed by atoms with Gasteiger partial charge in [-0.1, -0.05) is 33.6 Å². The van der Waals surface area contributed by atoms with Gasteiger partial charge in [-0.2, -0.15) is 0 Å². The van der Waals surface area contributed by atoms with Crippen LogP contribution in [0.5, 0.6) is 0 Å². The van der Waals surface area contributed by atoms with Crippen molar-refractivity contribution in [3.63, 3.8) is 0 Å². The zero-order valence-corrected chi connectivity index (χ0v) is 9.39. The standard InChI is InChI=1S/C9H9BrClNO/c1-6(10)9(13)12-8-4-2-3-7(11)5-8/h2-6H,1H3,(H,12,13)/t6-/m1/s1. The number of hydrogen-bond donors (Lipinski definition) is 1. The summed E-state index contributed by atoms with van der Waals surface area (Å²) in [6.07, 6.45) is 0. The van der Waals surface area contributed by atoms with E-state index < -0.39 is 0 Å². The molecule has 0 bridgehead atoms. The van der Waals surface area contributed by atoms with Crippen LogP contribution in [0.25, 0.3) is 0 Å². The number of rotatable bonds is 2. The molecule has 1 atom stereocenters. The molecule has 4 heteroatoms. The van der Waals surface area contributed by atoms with Crippen LogP contribution in [0.4, 0.5) is 5.69 Å². The number of amides is 1. The van der Waals surface area contributed by atoms with Crippen molar-refractivity contribution in [2.75, 3.05) is 5.32 Å². The molecule has 0 unspecified atom stereocenters. The van der Waals surface area contributed by atoms with Crippen molar-refractivity contribution in [1.82, 2.24) is 0 Å². The van der Waals surface area contributed by atoms with Crippen LogP contribution in [0.15, 0.2) is 24.3 Å². The highest BCUT2D eigenvalue weighted by Crippen LogP contribution is 2.15. The molecule has 0 radical (unpaired) electrons. The fraction of sp³-hybridized carbons (Fsp3) is 0.222. The van der Waals surface area contributed by atoms with Crippen LogP contribution in [0, 0.1) is 0 Å². The molecule has 2 nitrogen and oxygen atoms in total. The van der Waals surface area contributed by atoms with E-state index in [9.17, 15) is 4.79 Å². The minimum atomic E-state index is -0.202. The predicted molar refractivity (Wildman–Crippen MR) is 58.5 cm³/mol. The van der Waals surface area contributed by atoms with Gasteiger partial charge in [-0.25, -0.2) is 0 Å². The first kappa shape index (κ1) is 10.5. The first-order valence-electron chi connectivity index (χ1n) is 3.80. The van der Waals surface area contributed by atoms with E-state index in [0.717, 1.165) is 0 Å². The van der Waals surface area contributed by atoms with Crippen LogP contribution in [0.3, 0.4) is 0 Å². The van der Waals surface area contributed by atoms with Crippen LogP contribution in [-0.4, -0.2) is 10.7 Å². The maximum absolute atomic E-state index is 11.2. The van der Waals surface area contributed by atoms with Gasteiger partial charge >= 0.3 is 0 Å². The maximum Gasteiger partial charge on any atom is 0.237 e. The molecular formula is C9H9BrClNO. The Morgan fingerprint density at radius 1 is 1.62 bits per heavy atom. The largest absolute Gasteiger partial charge is 0.325 e. The summed E-state index contributed by atoms with van der Waals surface area (Å²) in [5.74, 6) is -0.0812. The molecule has 0 saturated heterocycles. The smallest absolute Gasteiger partial charge is 0.237 e. The number of carbonyl (C=O) groups excluding carboxylic acids is 1. The Kier molecular flexibility index (Phi) is 3.75. The third-order valence-electron chi connectivity index (χ3n) is 1.45. The quantitative estimate of drug-likeness (QED) is 0.816. The SMILES string of the molecule is C[C@@H](Br)C(=O)Nc1cccc(Cl)c1. The second kappa shape index (κ2) is 4.63. The number of hydrogen-bond acceptors (Lipinski definition) is 1. The minimum absolute atomic E-state index is 0.0812. The number of alkyl halides is 1. The number of carbonyl (C=O) groups is 1. The highest BCUT2D eigenvalue weighted by atomic mass is 79.9. The van der Waals surface area contributed by atoms with Gasteiger partial charge in [0, 0.05) is 10.7 Å². The molecule has 0 aliphatic carbocycles. The van der Waals surface area contributed by atoms with Crippen molar-refractivity contribution < 1.29 is 4.79 Å². The number of anilines is 1. The van der Waals surface area contributed by atoms with Gasteiger partial charge < -0.3 is 5.32 Å². The molecule has 1 rings (SSSR count). The molecule has 0 spiro atoms. The van der Waals surface area contributed by atoms with E-state index in [0.29, 0.717) is 10.7 Å². The summed E-state index contributed by atoms with van der Waals surface area (Å²) in [7, 11) is 0. The molecule has 0 heterocycles. The Bertz CT molecular complexity index is 314. The molecule has 0 aliphatic rings. The maximum atomic E-state index is 11.2. The number of benzene rings is 1. The fourth-order valence-corrected chi connectivity index (χ4v) is 1.11. The van der Waals surface area contributed by atoms with Gasteiger partial charge in [0.25, 0.3) is 0 Å². The summed E-state index contributed by atoms with van der Waals surface area (Å²) in [6.45, 7) is 1.76. The van der Waals surface area contributed by atoms with Crippen LogP contribution >= 0.6 is 27.5 Å². The van der Waals surface area contributed by atoms with Crippen LogP contribution in [0.2, 0.25) is 5.02 Å². The fourth-order valence-electron chi connectivity index (χ4n) is 0.808. The van der Waals surface area contributed by atoms with Crippen LogP contribution in [-0.2, 0) is 4.79 Å². The Labute approximate surface area is 90.4 Å². The van der Waals surface area contributed by atoms with E-state index in [2.05, 4.69) is 21.2 Å². The summed E-state index contributed by atoms with van der Waals surface area (Å²) in [4.78, 5) is 11.0. The van der Waals surface area contributed by atoms with Gasteiger partial charge in [0.05, 0.1) is 4.83 Å². The lowest BCUT2D eigenvalue weighted by atomic mass is 10.3. The van der Waals surface area contributed by atoms with Gasteiger partial charge in [-0.3, -0.25) is 4.79 Å². The Morgan fingerprint density at radius 2 is 2.31 bits per heavy atom. The zero-order valence-electron chi connectivity index (χ0n) is 7.05. The monoisotopic (exact) mass is 261 g/mol. The molecule has 1 amide bonds. The minimum Gasteiger partial charge on any atom is -0.325 e. The Balaban J connectivity index is 2.69. The van der Waals surface area contributed by atoms with E-state index in [-0.39, 0.29) is 10.7 Å². The second-order valence-electron chi connectivity index (χ2n) is 2.62. The van der Waals surface area contributed by atoms with Gasteiger partial charge in [0.1, 0.15) is 0 Å². The third kappa shape index (κ3) is 3.36. The summed E-state index contributed by atoms with van der Waals surface area (Å²) in [6, 6.07) is 7.04. The molecule has 1 N–H and O–H groups in total. The van der Waals surface area contributed by atoms with Crippen LogP contribution in [0.1, 0.15) is 6.92 Å². The molecule has 13 heavy (non-hydrogen) atoms. The van der Waals surface area contributed by atoms with E-state index in [1.807, 2.05) is 0 Å². The van der Waals surface area contributed by atoms with Crippen molar-refractivity contribution in [1.29, 1.82) is 0 Å². The third-order valence-corrected chi connectivity index (χ3v) is 2.10. The average molecular weight is 263 g/mol. The summed E-state index contributed by atoms with van der Waals surface area (Å²) in [5.41, 5.74) is 0.712. The lowest BCUT2D eigenvalue weighted by Crippen LogP contribution is -2.19. The molecule has 1 aromatic rings. The summed E-state index contributed by atoms with van der Waals surface area (Å²) >= 11 is 8.92. The van der Waals surface area contributed by atoms with E-state index in [1.54, 1.807) is 31.2 Å². The first-order valence-corrected chi connectivity index (χ1v) is 5.09. The van der Waals surface area contributed by atoms with E-state index in [1.165, 1.54) is 0 Å². The molecule has 0 aliphatic heterocycles. The topological polar surface area (TPSA) is 29.1 Å². The van der Waals surface area contributed by atoms with Crippen molar-refractivity contribution >= 4 is 39.1 Å². The van der Waals surface area contributed by atoms with Crippen molar-refractivity contribution in [2.24, 2.45) is 0 Å². The molecule has 70 valence electrons. The highest BCUT2D eigenvalue weighted by Gasteiger charge is 2.08. The second-order valence-corrected chi connectivity index (χ2v) is 4.43. The predicted octanol–water partition coefficient (Wildman–Crippen LogP) is 3.06. The Hall–Kier alpha value is -0.540. The van der Waals surface area contributed by atoms with Crippen LogP contribution < -0.4 is 5.32 Å². The average Bonchev–Trinajstić information content (AvgIpc) is 2.04. The van der Waals surface area contributed by atoms with Gasteiger partial charge in [0.2, 0.25) is 5.91 Å². The van der Waals surface area contributed by atoms with Crippen molar-refractivity contribution in [3.8, 4) is 0 Å². The lowest BCUT2D eigenvalue weighted by molar-refractivity contribution is -0.115. The first-order chi connectivity index (χ1) is 6.09. The Morgan fingerprint density at radius 3 is 2.85 bits per heavy atom. The molecule has 1 aromatic carbocycles. The molecule has 0 fully saturated rings. The van der Waals surface area contributed by atoms with Gasteiger partial charge in [-0.15, -0.1) is 0 Å². The highest BCUT2D eigenvalue weighted by molar-refractivity contribution is 9.10. The van der Waals surface area contributed by atoms with Gasteiger partial charge in [-0.05, 0) is 25.1 Å². The lowest BCUT2D eigenvalue weighted by Gasteiger charge is -2.06. The summed E-state index contributed by atoms with van der Waals surface area (Å²) in [5, 5.41) is 3.32. The van der Waals surface area contributed by atoms with Gasteiger partial charge in [0.15, 0.2) is 0 Å². The number of halogens is 2. The number of nitrogens with one attached hydrogen (secondary N) is 1. The van der Waals surface area contributed by atoms with E-state index in [4.69, 9.17) is 11.6 Å². The van der Waals surface area contributed by atoms with Crippen molar-refractivity contribution in [2.45, 2.75) is 11.8 Å². The van der Waals surface area contributed by atoms with E-state index >= 15 is 0 Å². The normalized spacial score (nSPS) is 12.2.